The molecule has 0 radical (unpaired) electrons. The molecule has 0 unspecified atom stereocenters. The summed E-state index contributed by atoms with van der Waals surface area (Å²) in [4.78, 5) is 12.4. The first kappa shape index (κ1) is 21.7. The van der Waals surface area contributed by atoms with Crippen molar-refractivity contribution < 1.29 is 12.8 Å². The Labute approximate surface area is 187 Å². The lowest BCUT2D eigenvalue weighted by atomic mass is 10.1. The number of hydrogen-bond acceptors (Lipinski definition) is 4. The highest BCUT2D eigenvalue weighted by Crippen LogP contribution is 2.25. The topological polar surface area (TPSA) is 68.2 Å². The van der Waals surface area contributed by atoms with E-state index in [9.17, 15) is 17.6 Å². The van der Waals surface area contributed by atoms with Gasteiger partial charge in [0, 0.05) is 11.1 Å². The van der Waals surface area contributed by atoms with Gasteiger partial charge in [-0.05, 0) is 54.4 Å². The van der Waals surface area contributed by atoms with Gasteiger partial charge in [-0.15, -0.1) is 0 Å². The molecule has 3 aromatic carbocycles. The van der Waals surface area contributed by atoms with Crippen LogP contribution in [0.4, 0.5) is 4.39 Å². The Hall–Kier alpha value is -2.52. The molecule has 0 fully saturated rings. The highest BCUT2D eigenvalue weighted by molar-refractivity contribution is 7.89. The summed E-state index contributed by atoms with van der Waals surface area (Å²) in [7, 11) is -3.85. The zero-order valence-corrected chi connectivity index (χ0v) is 18.8. The van der Waals surface area contributed by atoms with Crippen molar-refractivity contribution in [2.75, 3.05) is 0 Å². The normalized spacial score (nSPS) is 12.9. The summed E-state index contributed by atoms with van der Waals surface area (Å²) in [6, 6.07) is 16.9. The second-order valence-corrected chi connectivity index (χ2v) is 10.2. The molecule has 1 heterocycles. The van der Waals surface area contributed by atoms with Crippen molar-refractivity contribution in [3.05, 3.63) is 98.4 Å². The Morgan fingerprint density at radius 2 is 1.81 bits per heavy atom. The smallest absolute Gasteiger partial charge is 0.294 e. The number of rotatable bonds is 6. The molecule has 0 amide bonds. The highest BCUT2D eigenvalue weighted by atomic mass is 35.5. The van der Waals surface area contributed by atoms with Gasteiger partial charge in [0.1, 0.15) is 5.82 Å². The molecule has 0 aliphatic rings. The molecule has 0 saturated carbocycles. The van der Waals surface area contributed by atoms with Crippen molar-refractivity contribution in [1.82, 2.24) is 9.29 Å². The van der Waals surface area contributed by atoms with Gasteiger partial charge in [-0.2, -0.15) is 0 Å². The van der Waals surface area contributed by atoms with E-state index in [1.165, 1.54) is 36.4 Å². The molecule has 31 heavy (non-hydrogen) atoms. The number of aromatic nitrogens is 1. The molecule has 4 aromatic rings. The van der Waals surface area contributed by atoms with E-state index in [1.54, 1.807) is 23.6 Å². The number of sulfonamides is 1. The summed E-state index contributed by atoms with van der Waals surface area (Å²) in [6.07, 6.45) is 0. The van der Waals surface area contributed by atoms with Gasteiger partial charge in [0.25, 0.3) is 0 Å². The van der Waals surface area contributed by atoms with Gasteiger partial charge in [-0.25, -0.2) is 17.5 Å². The predicted molar refractivity (Wildman–Crippen MR) is 122 cm³/mol. The van der Waals surface area contributed by atoms with E-state index in [1.807, 2.05) is 18.2 Å². The molecule has 1 N–H and O–H groups in total. The van der Waals surface area contributed by atoms with Crippen LogP contribution in [0.15, 0.2) is 76.4 Å². The Kier molecular flexibility index (Phi) is 5.98. The third-order valence-electron chi connectivity index (χ3n) is 4.94. The maximum Gasteiger partial charge on any atom is 0.308 e. The predicted octanol–water partition coefficient (Wildman–Crippen LogP) is 4.94. The number of hydrogen-bond donors (Lipinski definition) is 1. The molecular formula is C22H18ClFN2O3S2. The van der Waals surface area contributed by atoms with E-state index in [4.69, 9.17) is 11.6 Å². The van der Waals surface area contributed by atoms with Crippen molar-refractivity contribution in [3.63, 3.8) is 0 Å². The maximum atomic E-state index is 13.1. The minimum absolute atomic E-state index is 0.0557. The Morgan fingerprint density at radius 1 is 1.10 bits per heavy atom. The minimum Gasteiger partial charge on any atom is -0.294 e. The molecule has 9 heteroatoms. The lowest BCUT2D eigenvalue weighted by Crippen LogP contribution is -2.26. The Morgan fingerprint density at radius 3 is 2.52 bits per heavy atom. The third kappa shape index (κ3) is 4.57. The first-order valence-corrected chi connectivity index (χ1v) is 12.1. The monoisotopic (exact) mass is 476 g/mol. The van der Waals surface area contributed by atoms with Crippen LogP contribution in [-0.2, 0) is 16.6 Å². The van der Waals surface area contributed by atoms with Crippen molar-refractivity contribution in [1.29, 1.82) is 0 Å². The molecule has 0 spiro atoms. The highest BCUT2D eigenvalue weighted by Gasteiger charge is 2.20. The maximum absolute atomic E-state index is 13.1. The van der Waals surface area contributed by atoms with Crippen LogP contribution in [0.1, 0.15) is 24.1 Å². The van der Waals surface area contributed by atoms with Crippen LogP contribution in [0.25, 0.3) is 10.2 Å². The lowest BCUT2D eigenvalue weighted by molar-refractivity contribution is 0.566. The van der Waals surface area contributed by atoms with Gasteiger partial charge in [0.2, 0.25) is 10.0 Å². The van der Waals surface area contributed by atoms with E-state index in [0.717, 1.165) is 16.9 Å². The SMILES string of the molecule is C[C@@H](NS(=O)(=O)c1ccc2c(c1)sc(=O)n2Cc1ccccc1Cl)c1ccc(F)cc1. The summed E-state index contributed by atoms with van der Waals surface area (Å²) >= 11 is 7.20. The standard InChI is InChI=1S/C22H18ClFN2O3S2/c1-14(15-6-8-17(24)9-7-15)25-31(28,29)18-10-11-20-21(12-18)30-22(27)26(20)13-16-4-2-3-5-19(16)23/h2-12,14,25H,13H2,1H3/t14-/m1/s1. The average molecular weight is 477 g/mol. The average Bonchev–Trinajstić information content (AvgIpc) is 3.04. The van der Waals surface area contributed by atoms with Gasteiger partial charge in [0.15, 0.2) is 0 Å². The van der Waals surface area contributed by atoms with Crippen LogP contribution in [0.2, 0.25) is 5.02 Å². The second kappa shape index (κ2) is 8.55. The summed E-state index contributed by atoms with van der Waals surface area (Å²) in [6.45, 7) is 1.98. The van der Waals surface area contributed by atoms with Crippen LogP contribution in [0.3, 0.4) is 0 Å². The van der Waals surface area contributed by atoms with Crippen LogP contribution < -0.4 is 9.60 Å². The summed E-state index contributed by atoms with van der Waals surface area (Å²) in [5, 5.41) is 0.562. The molecule has 0 bridgehead atoms. The van der Waals surface area contributed by atoms with E-state index < -0.39 is 16.1 Å². The van der Waals surface area contributed by atoms with Gasteiger partial charge in [-0.1, -0.05) is 53.3 Å². The number of benzene rings is 3. The van der Waals surface area contributed by atoms with Gasteiger partial charge < -0.3 is 0 Å². The Bertz CT molecular complexity index is 1410. The minimum atomic E-state index is -3.85. The van der Waals surface area contributed by atoms with Gasteiger partial charge in [-0.3, -0.25) is 9.36 Å². The zero-order chi connectivity index (χ0) is 22.2. The molecule has 0 aliphatic heterocycles. The van der Waals surface area contributed by atoms with Crippen LogP contribution in [0.5, 0.6) is 0 Å². The van der Waals surface area contributed by atoms with E-state index in [2.05, 4.69) is 4.72 Å². The first-order valence-electron chi connectivity index (χ1n) is 9.39. The molecule has 160 valence electrons. The molecule has 1 aromatic heterocycles. The quantitative estimate of drug-likeness (QED) is 0.428. The molecule has 4 rings (SSSR count). The molecule has 0 saturated heterocycles. The van der Waals surface area contributed by atoms with Gasteiger partial charge >= 0.3 is 4.87 Å². The van der Waals surface area contributed by atoms with E-state index in [-0.39, 0.29) is 15.6 Å². The van der Waals surface area contributed by atoms with Crippen molar-refractivity contribution in [3.8, 4) is 0 Å². The number of thiazole rings is 1. The summed E-state index contributed by atoms with van der Waals surface area (Å²) in [5.74, 6) is -0.388. The summed E-state index contributed by atoms with van der Waals surface area (Å²) in [5.41, 5.74) is 2.08. The van der Waals surface area contributed by atoms with Crippen molar-refractivity contribution in [2.24, 2.45) is 0 Å². The molecule has 5 nitrogen and oxygen atoms in total. The second-order valence-electron chi connectivity index (χ2n) is 7.07. The first-order chi connectivity index (χ1) is 14.7. The largest absolute Gasteiger partial charge is 0.308 e. The third-order valence-corrected chi connectivity index (χ3v) is 7.79. The fourth-order valence-electron chi connectivity index (χ4n) is 3.28. The van der Waals surface area contributed by atoms with Crippen LogP contribution >= 0.6 is 22.9 Å². The van der Waals surface area contributed by atoms with Crippen LogP contribution in [-0.4, -0.2) is 13.0 Å². The van der Waals surface area contributed by atoms with Crippen LogP contribution in [0, 0.1) is 5.82 Å². The molecular weight excluding hydrogens is 459 g/mol. The molecule has 1 atom stereocenters. The Balaban J connectivity index is 1.64. The number of nitrogens with one attached hydrogen (secondary N) is 1. The number of halogens is 2. The zero-order valence-electron chi connectivity index (χ0n) is 16.4. The fourth-order valence-corrected chi connectivity index (χ4v) is 5.74. The van der Waals surface area contributed by atoms with E-state index in [0.29, 0.717) is 27.3 Å². The number of nitrogens with zero attached hydrogens (tertiary/aromatic N) is 1. The lowest BCUT2D eigenvalue weighted by Gasteiger charge is -2.15. The number of fused-ring (bicyclic) bond motifs is 1. The van der Waals surface area contributed by atoms with E-state index >= 15 is 0 Å². The van der Waals surface area contributed by atoms with Crippen molar-refractivity contribution >= 4 is 43.2 Å². The summed E-state index contributed by atoms with van der Waals surface area (Å²) < 4.78 is 43.6. The fraction of sp³-hybridized carbons (Fsp3) is 0.136. The molecule has 0 aliphatic carbocycles. The van der Waals surface area contributed by atoms with Crippen molar-refractivity contribution in [2.45, 2.75) is 24.4 Å². The van der Waals surface area contributed by atoms with Gasteiger partial charge in [0.05, 0.1) is 21.7 Å².